The summed E-state index contributed by atoms with van der Waals surface area (Å²) in [5, 5.41) is 6.31. The van der Waals surface area contributed by atoms with E-state index < -0.39 is 0 Å². The van der Waals surface area contributed by atoms with Crippen molar-refractivity contribution < 1.29 is 9.53 Å². The Morgan fingerprint density at radius 1 is 1.24 bits per heavy atom. The Morgan fingerprint density at radius 2 is 1.86 bits per heavy atom. The number of nitrogens with one attached hydrogen (secondary N) is 2. The summed E-state index contributed by atoms with van der Waals surface area (Å²) in [7, 11) is 0. The first-order chi connectivity index (χ1) is 9.80. The molecule has 0 aromatic heterocycles. The molecule has 0 aliphatic rings. The Balaban J connectivity index is 2.39. The van der Waals surface area contributed by atoms with E-state index >= 15 is 0 Å². The molecule has 21 heavy (non-hydrogen) atoms. The summed E-state index contributed by atoms with van der Waals surface area (Å²) in [6.45, 7) is 11.1. The SMILES string of the molecule is CCC(C)NCc1ccc(OCC(=O)NC(C)(C)C)cc1. The van der Waals surface area contributed by atoms with Gasteiger partial charge in [0.15, 0.2) is 6.61 Å². The van der Waals surface area contributed by atoms with Crippen LogP contribution in [0.15, 0.2) is 24.3 Å². The molecular weight excluding hydrogens is 264 g/mol. The number of hydrogen-bond acceptors (Lipinski definition) is 3. The maximum Gasteiger partial charge on any atom is 0.258 e. The zero-order valence-electron chi connectivity index (χ0n) is 13.8. The van der Waals surface area contributed by atoms with E-state index in [2.05, 4.69) is 24.5 Å². The number of carbonyl (C=O) groups excluding carboxylic acids is 1. The van der Waals surface area contributed by atoms with Gasteiger partial charge in [-0.15, -0.1) is 0 Å². The van der Waals surface area contributed by atoms with E-state index in [1.165, 1.54) is 5.56 Å². The van der Waals surface area contributed by atoms with Gasteiger partial charge in [0.05, 0.1) is 0 Å². The molecule has 0 fully saturated rings. The molecular formula is C17H28N2O2. The molecule has 0 saturated carbocycles. The second-order valence-corrected chi connectivity index (χ2v) is 6.42. The highest BCUT2D eigenvalue weighted by Gasteiger charge is 2.13. The smallest absolute Gasteiger partial charge is 0.258 e. The van der Waals surface area contributed by atoms with E-state index in [-0.39, 0.29) is 18.1 Å². The fourth-order valence-electron chi connectivity index (χ4n) is 1.74. The molecule has 118 valence electrons. The summed E-state index contributed by atoms with van der Waals surface area (Å²) in [6.07, 6.45) is 1.12. The molecule has 1 aromatic carbocycles. The molecule has 1 rings (SSSR count). The summed E-state index contributed by atoms with van der Waals surface area (Å²) in [5.74, 6) is 0.608. The van der Waals surface area contributed by atoms with E-state index in [9.17, 15) is 4.79 Å². The molecule has 4 heteroatoms. The number of ether oxygens (including phenoxy) is 1. The van der Waals surface area contributed by atoms with E-state index in [0.717, 1.165) is 13.0 Å². The van der Waals surface area contributed by atoms with Gasteiger partial charge in [-0.05, 0) is 51.8 Å². The molecule has 0 aliphatic carbocycles. The number of benzene rings is 1. The fraction of sp³-hybridized carbons (Fsp3) is 0.588. The van der Waals surface area contributed by atoms with Crippen LogP contribution in [0, 0.1) is 0 Å². The van der Waals surface area contributed by atoms with Crippen molar-refractivity contribution in [2.24, 2.45) is 0 Å². The molecule has 0 saturated heterocycles. The Bertz CT molecular complexity index is 435. The van der Waals surface area contributed by atoms with Crippen molar-refractivity contribution >= 4 is 5.91 Å². The summed E-state index contributed by atoms with van der Waals surface area (Å²) in [6, 6.07) is 8.36. The lowest BCUT2D eigenvalue weighted by Crippen LogP contribution is -2.43. The van der Waals surface area contributed by atoms with Crippen molar-refractivity contribution in [1.82, 2.24) is 10.6 Å². The van der Waals surface area contributed by atoms with Crippen LogP contribution in [0.3, 0.4) is 0 Å². The monoisotopic (exact) mass is 292 g/mol. The van der Waals surface area contributed by atoms with Gasteiger partial charge in [-0.1, -0.05) is 19.1 Å². The normalized spacial score (nSPS) is 12.8. The minimum Gasteiger partial charge on any atom is -0.484 e. The van der Waals surface area contributed by atoms with Crippen LogP contribution >= 0.6 is 0 Å². The van der Waals surface area contributed by atoms with Crippen LogP contribution in [-0.4, -0.2) is 24.1 Å². The average Bonchev–Trinajstić information content (AvgIpc) is 2.41. The van der Waals surface area contributed by atoms with Crippen molar-refractivity contribution in [2.45, 2.75) is 59.2 Å². The van der Waals surface area contributed by atoms with Crippen LogP contribution in [0.5, 0.6) is 5.75 Å². The fourth-order valence-corrected chi connectivity index (χ4v) is 1.74. The van der Waals surface area contributed by atoms with Crippen LogP contribution in [0.25, 0.3) is 0 Å². The maximum atomic E-state index is 11.7. The van der Waals surface area contributed by atoms with Crippen LogP contribution in [0.1, 0.15) is 46.6 Å². The van der Waals surface area contributed by atoms with Gasteiger partial charge in [-0.2, -0.15) is 0 Å². The second kappa shape index (κ2) is 8.03. The summed E-state index contributed by atoms with van der Waals surface area (Å²) < 4.78 is 5.48. The van der Waals surface area contributed by atoms with Gasteiger partial charge in [0.25, 0.3) is 5.91 Å². The summed E-state index contributed by atoms with van der Waals surface area (Å²) in [4.78, 5) is 11.7. The van der Waals surface area contributed by atoms with Gasteiger partial charge in [-0.3, -0.25) is 4.79 Å². The largest absolute Gasteiger partial charge is 0.484 e. The Kier molecular flexibility index (Phi) is 6.69. The first-order valence-corrected chi connectivity index (χ1v) is 7.56. The summed E-state index contributed by atoms with van der Waals surface area (Å²) >= 11 is 0. The van der Waals surface area contributed by atoms with Crippen LogP contribution < -0.4 is 15.4 Å². The third-order valence-electron chi connectivity index (χ3n) is 3.07. The molecule has 1 atom stereocenters. The minimum absolute atomic E-state index is 0.0434. The maximum absolute atomic E-state index is 11.7. The molecule has 0 radical (unpaired) electrons. The first-order valence-electron chi connectivity index (χ1n) is 7.56. The van der Waals surface area contributed by atoms with Gasteiger partial charge < -0.3 is 15.4 Å². The van der Waals surface area contributed by atoms with Gasteiger partial charge in [0.1, 0.15) is 5.75 Å². The minimum atomic E-state index is -0.230. The topological polar surface area (TPSA) is 50.4 Å². The second-order valence-electron chi connectivity index (χ2n) is 6.42. The third-order valence-corrected chi connectivity index (χ3v) is 3.07. The molecule has 0 spiro atoms. The zero-order valence-corrected chi connectivity index (χ0v) is 13.8. The molecule has 1 amide bonds. The van der Waals surface area contributed by atoms with E-state index in [1.54, 1.807) is 0 Å². The highest BCUT2D eigenvalue weighted by Crippen LogP contribution is 2.12. The lowest BCUT2D eigenvalue weighted by molar-refractivity contribution is -0.124. The molecule has 0 bridgehead atoms. The first kappa shape index (κ1) is 17.5. The van der Waals surface area contributed by atoms with Crippen LogP contribution in [0.2, 0.25) is 0 Å². The van der Waals surface area contributed by atoms with E-state index in [0.29, 0.717) is 11.8 Å². The molecule has 1 unspecified atom stereocenters. The number of hydrogen-bond donors (Lipinski definition) is 2. The third kappa shape index (κ3) is 7.71. The Labute approximate surface area is 128 Å². The van der Waals surface area contributed by atoms with Gasteiger partial charge in [0, 0.05) is 18.1 Å². The lowest BCUT2D eigenvalue weighted by atomic mass is 10.1. The summed E-state index contributed by atoms with van der Waals surface area (Å²) in [5.41, 5.74) is 0.980. The zero-order chi connectivity index (χ0) is 15.9. The highest BCUT2D eigenvalue weighted by molar-refractivity contribution is 5.78. The highest BCUT2D eigenvalue weighted by atomic mass is 16.5. The quantitative estimate of drug-likeness (QED) is 0.812. The van der Waals surface area contributed by atoms with Gasteiger partial charge in [0.2, 0.25) is 0 Å². The van der Waals surface area contributed by atoms with Crippen molar-refractivity contribution in [3.05, 3.63) is 29.8 Å². The number of rotatable bonds is 7. The molecule has 0 aliphatic heterocycles. The van der Waals surface area contributed by atoms with Crippen molar-refractivity contribution in [3.63, 3.8) is 0 Å². The Morgan fingerprint density at radius 3 is 2.38 bits per heavy atom. The van der Waals surface area contributed by atoms with Crippen molar-refractivity contribution in [2.75, 3.05) is 6.61 Å². The lowest BCUT2D eigenvalue weighted by Gasteiger charge is -2.20. The van der Waals surface area contributed by atoms with E-state index in [1.807, 2.05) is 45.0 Å². The van der Waals surface area contributed by atoms with Gasteiger partial charge in [-0.25, -0.2) is 0 Å². The van der Waals surface area contributed by atoms with E-state index in [4.69, 9.17) is 4.74 Å². The average molecular weight is 292 g/mol. The van der Waals surface area contributed by atoms with Crippen LogP contribution in [0.4, 0.5) is 0 Å². The van der Waals surface area contributed by atoms with Crippen molar-refractivity contribution in [1.29, 1.82) is 0 Å². The standard InChI is InChI=1S/C17H28N2O2/c1-6-13(2)18-11-14-7-9-15(10-8-14)21-12-16(20)19-17(3,4)5/h7-10,13,18H,6,11-12H2,1-5H3,(H,19,20). The number of amides is 1. The van der Waals surface area contributed by atoms with Gasteiger partial charge >= 0.3 is 0 Å². The molecule has 4 nitrogen and oxygen atoms in total. The molecule has 1 aromatic rings. The predicted octanol–water partition coefficient (Wildman–Crippen LogP) is 2.87. The number of carbonyl (C=O) groups is 1. The van der Waals surface area contributed by atoms with Crippen LogP contribution in [-0.2, 0) is 11.3 Å². The van der Waals surface area contributed by atoms with Crippen molar-refractivity contribution in [3.8, 4) is 5.75 Å². The Hall–Kier alpha value is -1.55. The predicted molar refractivity (Wildman–Crippen MR) is 86.4 cm³/mol. The molecule has 0 heterocycles. The molecule has 2 N–H and O–H groups in total.